The highest BCUT2D eigenvalue weighted by Crippen LogP contribution is 2.21. The molecule has 0 saturated heterocycles. The van der Waals surface area contributed by atoms with Crippen LogP contribution in [-0.4, -0.2) is 18.6 Å². The van der Waals surface area contributed by atoms with Crippen LogP contribution in [0, 0.1) is 5.82 Å². The van der Waals surface area contributed by atoms with Crippen molar-refractivity contribution >= 4 is 21.8 Å². The highest BCUT2D eigenvalue weighted by molar-refractivity contribution is 9.10. The van der Waals surface area contributed by atoms with E-state index in [1.807, 2.05) is 25.1 Å². The molecule has 2 rings (SSSR count). The molecule has 2 aromatic carbocycles. The Hall–Kier alpha value is -1.88. The van der Waals surface area contributed by atoms with E-state index in [0.717, 1.165) is 12.8 Å². The number of carbonyl (C=O) groups excluding carboxylic acids is 1. The first-order valence-electron chi connectivity index (χ1n) is 7.45. The van der Waals surface area contributed by atoms with Crippen molar-refractivity contribution in [2.75, 3.05) is 6.61 Å². The van der Waals surface area contributed by atoms with Crippen molar-refractivity contribution in [2.45, 2.75) is 25.8 Å². The lowest BCUT2D eigenvalue weighted by Crippen LogP contribution is -2.36. The molecule has 0 spiro atoms. The monoisotopic (exact) mass is 379 g/mol. The number of ether oxygens (including phenoxy) is 1. The molecule has 0 aliphatic heterocycles. The van der Waals surface area contributed by atoms with Crippen molar-refractivity contribution in [3.63, 3.8) is 0 Å². The topological polar surface area (TPSA) is 38.3 Å². The van der Waals surface area contributed by atoms with Crippen molar-refractivity contribution in [3.05, 3.63) is 64.4 Å². The molecule has 23 heavy (non-hydrogen) atoms. The number of rotatable bonds is 7. The van der Waals surface area contributed by atoms with E-state index >= 15 is 0 Å². The molecular formula is C18H19BrFNO2. The third-order valence-electron chi connectivity index (χ3n) is 3.37. The Balaban J connectivity index is 1.73. The molecule has 1 N–H and O–H groups in total. The van der Waals surface area contributed by atoms with Crippen molar-refractivity contribution in [1.29, 1.82) is 0 Å². The number of hydrogen-bond donors (Lipinski definition) is 1. The van der Waals surface area contributed by atoms with E-state index in [1.165, 1.54) is 17.7 Å². The molecule has 0 unspecified atom stereocenters. The minimum Gasteiger partial charge on any atom is -0.481 e. The smallest absolute Gasteiger partial charge is 0.258 e. The molecule has 2 aromatic rings. The Morgan fingerprint density at radius 1 is 1.26 bits per heavy atom. The van der Waals surface area contributed by atoms with Gasteiger partial charge < -0.3 is 10.1 Å². The van der Waals surface area contributed by atoms with Crippen LogP contribution < -0.4 is 10.1 Å². The van der Waals surface area contributed by atoms with Crippen LogP contribution in [0.4, 0.5) is 4.39 Å². The summed E-state index contributed by atoms with van der Waals surface area (Å²) in [7, 11) is 0. The molecule has 0 heterocycles. The lowest BCUT2D eigenvalue weighted by atomic mass is 10.1. The van der Waals surface area contributed by atoms with Crippen LogP contribution >= 0.6 is 15.9 Å². The van der Waals surface area contributed by atoms with E-state index < -0.39 is 5.82 Å². The van der Waals surface area contributed by atoms with Crippen LogP contribution in [0.25, 0.3) is 0 Å². The molecule has 122 valence electrons. The van der Waals surface area contributed by atoms with Crippen molar-refractivity contribution in [3.8, 4) is 5.75 Å². The number of benzene rings is 2. The van der Waals surface area contributed by atoms with Crippen LogP contribution in [0.3, 0.4) is 0 Å². The van der Waals surface area contributed by atoms with Crippen LogP contribution in [0.1, 0.15) is 18.9 Å². The summed E-state index contributed by atoms with van der Waals surface area (Å²) in [5, 5.41) is 2.86. The second kappa shape index (κ2) is 8.67. The lowest BCUT2D eigenvalue weighted by Gasteiger charge is -2.14. The maximum absolute atomic E-state index is 13.6. The van der Waals surface area contributed by atoms with Gasteiger partial charge in [0.25, 0.3) is 5.91 Å². The molecule has 0 bridgehead atoms. The van der Waals surface area contributed by atoms with Gasteiger partial charge in [0.1, 0.15) is 0 Å². The number of carbonyl (C=O) groups is 1. The van der Waals surface area contributed by atoms with Gasteiger partial charge in [0.2, 0.25) is 0 Å². The van der Waals surface area contributed by atoms with Gasteiger partial charge in [-0.15, -0.1) is 0 Å². The molecule has 5 heteroatoms. The molecule has 0 fully saturated rings. The van der Waals surface area contributed by atoms with Gasteiger partial charge in [-0.05, 0) is 43.5 Å². The number of hydrogen-bond acceptors (Lipinski definition) is 2. The van der Waals surface area contributed by atoms with E-state index in [0.29, 0.717) is 4.47 Å². The van der Waals surface area contributed by atoms with Crippen LogP contribution in [-0.2, 0) is 11.2 Å². The quantitative estimate of drug-likeness (QED) is 0.785. The first-order valence-corrected chi connectivity index (χ1v) is 8.25. The lowest BCUT2D eigenvalue weighted by molar-refractivity contribution is -0.123. The van der Waals surface area contributed by atoms with E-state index in [4.69, 9.17) is 4.74 Å². The van der Waals surface area contributed by atoms with Gasteiger partial charge in [0.15, 0.2) is 18.2 Å². The molecule has 0 aliphatic rings. The first kappa shape index (κ1) is 17.5. The fraction of sp³-hybridized carbons (Fsp3) is 0.278. The molecule has 0 aliphatic carbocycles. The summed E-state index contributed by atoms with van der Waals surface area (Å²) in [4.78, 5) is 11.8. The van der Waals surface area contributed by atoms with Gasteiger partial charge in [0.05, 0.1) is 0 Å². The molecule has 1 amide bonds. The predicted octanol–water partition coefficient (Wildman–Crippen LogP) is 4.10. The van der Waals surface area contributed by atoms with Crippen LogP contribution in [0.2, 0.25) is 0 Å². The van der Waals surface area contributed by atoms with E-state index in [1.54, 1.807) is 6.07 Å². The number of nitrogens with one attached hydrogen (secondary N) is 1. The third-order valence-corrected chi connectivity index (χ3v) is 3.86. The average molecular weight is 380 g/mol. The largest absolute Gasteiger partial charge is 0.481 e. The maximum atomic E-state index is 13.6. The molecule has 0 radical (unpaired) electrons. The fourth-order valence-corrected chi connectivity index (χ4v) is 2.49. The Labute approximate surface area is 144 Å². The summed E-state index contributed by atoms with van der Waals surface area (Å²) in [6.45, 7) is 1.75. The Morgan fingerprint density at radius 2 is 2.00 bits per heavy atom. The minimum atomic E-state index is -0.496. The zero-order valence-electron chi connectivity index (χ0n) is 12.9. The average Bonchev–Trinajstić information content (AvgIpc) is 2.53. The van der Waals surface area contributed by atoms with Gasteiger partial charge >= 0.3 is 0 Å². The second-order valence-corrected chi connectivity index (χ2v) is 6.27. The zero-order chi connectivity index (χ0) is 16.7. The van der Waals surface area contributed by atoms with E-state index in [2.05, 4.69) is 33.4 Å². The SMILES string of the molecule is C[C@H](CCc1ccccc1)NC(=O)COc1ccc(Br)cc1F. The van der Waals surface area contributed by atoms with Gasteiger partial charge in [-0.25, -0.2) is 4.39 Å². The summed E-state index contributed by atoms with van der Waals surface area (Å²) >= 11 is 3.17. The second-order valence-electron chi connectivity index (χ2n) is 5.36. The highest BCUT2D eigenvalue weighted by atomic mass is 79.9. The molecule has 0 aromatic heterocycles. The Morgan fingerprint density at radius 3 is 2.70 bits per heavy atom. The fourth-order valence-electron chi connectivity index (χ4n) is 2.15. The maximum Gasteiger partial charge on any atom is 0.258 e. The van der Waals surface area contributed by atoms with Crippen molar-refractivity contribution in [1.82, 2.24) is 5.32 Å². The standard InChI is InChI=1S/C18H19BrFNO2/c1-13(7-8-14-5-3-2-4-6-14)21-18(22)12-23-17-10-9-15(19)11-16(17)20/h2-6,9-11,13H,7-8,12H2,1H3,(H,21,22)/t13-/m1/s1. The van der Waals surface area contributed by atoms with Crippen LogP contribution in [0.15, 0.2) is 53.0 Å². The third kappa shape index (κ3) is 6.02. The number of amides is 1. The summed E-state index contributed by atoms with van der Waals surface area (Å²) in [5.74, 6) is -0.683. The Kier molecular flexibility index (Phi) is 6.59. The normalized spacial score (nSPS) is 11.8. The minimum absolute atomic E-state index is 0.0288. The summed E-state index contributed by atoms with van der Waals surface area (Å²) in [6.07, 6.45) is 1.73. The van der Waals surface area contributed by atoms with E-state index in [9.17, 15) is 9.18 Å². The van der Waals surface area contributed by atoms with Gasteiger partial charge in [-0.2, -0.15) is 0 Å². The van der Waals surface area contributed by atoms with Gasteiger partial charge in [0, 0.05) is 10.5 Å². The Bertz CT molecular complexity index is 649. The summed E-state index contributed by atoms with van der Waals surface area (Å²) in [6, 6.07) is 14.6. The molecular weight excluding hydrogens is 361 g/mol. The number of aryl methyl sites for hydroxylation is 1. The predicted molar refractivity (Wildman–Crippen MR) is 92.0 cm³/mol. The number of halogens is 2. The van der Waals surface area contributed by atoms with Gasteiger partial charge in [-0.1, -0.05) is 46.3 Å². The van der Waals surface area contributed by atoms with E-state index in [-0.39, 0.29) is 24.3 Å². The zero-order valence-corrected chi connectivity index (χ0v) is 14.5. The molecule has 3 nitrogen and oxygen atoms in total. The summed E-state index contributed by atoms with van der Waals surface area (Å²) < 4.78 is 19.4. The summed E-state index contributed by atoms with van der Waals surface area (Å²) in [5.41, 5.74) is 1.24. The highest BCUT2D eigenvalue weighted by Gasteiger charge is 2.10. The van der Waals surface area contributed by atoms with Crippen LogP contribution in [0.5, 0.6) is 5.75 Å². The van der Waals surface area contributed by atoms with Crippen molar-refractivity contribution in [2.24, 2.45) is 0 Å². The first-order chi connectivity index (χ1) is 11.0. The van der Waals surface area contributed by atoms with Gasteiger partial charge in [-0.3, -0.25) is 4.79 Å². The van der Waals surface area contributed by atoms with Crippen molar-refractivity contribution < 1.29 is 13.9 Å². The molecule has 0 saturated carbocycles. The molecule has 1 atom stereocenters.